The van der Waals surface area contributed by atoms with Crippen LogP contribution in [0.5, 0.6) is 0 Å². The number of carbonyl (C=O) groups excluding carboxylic acids is 2. The predicted molar refractivity (Wildman–Crippen MR) is 162 cm³/mol. The second-order valence-corrected chi connectivity index (χ2v) is 13.7. The van der Waals surface area contributed by atoms with Gasteiger partial charge in [-0.2, -0.15) is 0 Å². The van der Waals surface area contributed by atoms with E-state index < -0.39 is 0 Å². The molecule has 8 nitrogen and oxygen atoms in total. The van der Waals surface area contributed by atoms with Crippen LogP contribution < -0.4 is 14.9 Å². The number of aromatic nitrogens is 2. The van der Waals surface area contributed by atoms with Gasteiger partial charge in [0, 0.05) is 47.6 Å². The van der Waals surface area contributed by atoms with E-state index in [1.165, 1.54) is 11.9 Å². The molecular weight excluding hydrogens is 522 g/mol. The topological polar surface area (TPSA) is 96.5 Å². The lowest BCUT2D eigenvalue weighted by Gasteiger charge is -2.34. The fourth-order valence-corrected chi connectivity index (χ4v) is 6.43. The summed E-state index contributed by atoms with van der Waals surface area (Å²) in [5.74, 6) is 2.05. The predicted octanol–water partition coefficient (Wildman–Crippen LogP) is 6.37. The van der Waals surface area contributed by atoms with Gasteiger partial charge in [0.2, 0.25) is 0 Å². The lowest BCUT2D eigenvalue weighted by Crippen LogP contribution is -2.40. The van der Waals surface area contributed by atoms with Gasteiger partial charge in [0.25, 0.3) is 5.91 Å². The molecule has 3 atom stereocenters. The van der Waals surface area contributed by atoms with Crippen molar-refractivity contribution >= 4 is 35.5 Å². The molecule has 2 aromatic heterocycles. The third-order valence-corrected chi connectivity index (χ3v) is 8.80. The summed E-state index contributed by atoms with van der Waals surface area (Å²) in [4.78, 5) is 37.8. The van der Waals surface area contributed by atoms with Crippen LogP contribution in [0.4, 0.5) is 11.6 Å². The third-order valence-electron chi connectivity index (χ3n) is 8.08. The Morgan fingerprint density at radius 1 is 1.20 bits per heavy atom. The Bertz CT molecular complexity index is 1210. The summed E-state index contributed by atoms with van der Waals surface area (Å²) in [6.07, 6.45) is 3.98. The minimum atomic E-state index is -0.174. The van der Waals surface area contributed by atoms with Crippen molar-refractivity contribution in [2.24, 2.45) is 11.8 Å². The van der Waals surface area contributed by atoms with Gasteiger partial charge in [-0.15, -0.1) is 0 Å². The Hall–Kier alpha value is -2.81. The van der Waals surface area contributed by atoms with E-state index in [0.29, 0.717) is 35.5 Å². The number of hydrogen-bond donors (Lipinski definition) is 2. The monoisotopic (exact) mass is 567 g/mol. The summed E-state index contributed by atoms with van der Waals surface area (Å²) in [6.45, 7) is 16.4. The Labute approximate surface area is 243 Å². The number of carbonyl (C=O) groups is 2. The van der Waals surface area contributed by atoms with Crippen LogP contribution in [0.25, 0.3) is 0 Å². The molecule has 40 heavy (non-hydrogen) atoms. The number of rotatable bonds is 5. The molecule has 9 heteroatoms. The zero-order valence-electron chi connectivity index (χ0n) is 25.0. The molecule has 1 amide bonds. The summed E-state index contributed by atoms with van der Waals surface area (Å²) in [5, 5.41) is 4.34. The van der Waals surface area contributed by atoms with Crippen molar-refractivity contribution in [2.75, 3.05) is 23.4 Å². The number of nitrogens with zero attached hydrogens (tertiary/aromatic N) is 3. The zero-order valence-corrected chi connectivity index (χ0v) is 25.9. The highest BCUT2D eigenvalue weighted by Gasteiger charge is 2.43. The number of amides is 1. The zero-order chi connectivity index (χ0) is 29.1. The SMILES string of the molecule is CCOC(=O)CCCC1CC(C)C2CN(c3nc(C(C)(C)C)ccc3C(=O)NSc3cccc(n3)N1)C(C)(C)C2. The molecule has 4 rings (SSSR count). The minimum Gasteiger partial charge on any atom is -0.466 e. The summed E-state index contributed by atoms with van der Waals surface area (Å²) in [5.41, 5.74) is 1.26. The Morgan fingerprint density at radius 3 is 2.70 bits per heavy atom. The smallest absolute Gasteiger partial charge is 0.305 e. The Morgan fingerprint density at radius 2 is 1.98 bits per heavy atom. The Kier molecular flexibility index (Phi) is 9.33. The van der Waals surface area contributed by atoms with Crippen LogP contribution in [0.3, 0.4) is 0 Å². The summed E-state index contributed by atoms with van der Waals surface area (Å²) in [6, 6.07) is 9.86. The normalized spacial score (nSPS) is 22.8. The van der Waals surface area contributed by atoms with Crippen LogP contribution in [0.1, 0.15) is 96.6 Å². The molecule has 0 aliphatic carbocycles. The van der Waals surface area contributed by atoms with Crippen LogP contribution in [-0.4, -0.2) is 46.6 Å². The molecule has 2 N–H and O–H groups in total. The van der Waals surface area contributed by atoms with E-state index in [9.17, 15) is 9.59 Å². The average Bonchev–Trinajstić information content (AvgIpc) is 3.21. The molecule has 2 aliphatic heterocycles. The molecule has 3 unspecified atom stereocenters. The van der Waals surface area contributed by atoms with Crippen molar-refractivity contribution in [2.45, 2.75) is 103 Å². The number of fused-ring (bicyclic) bond motifs is 6. The maximum atomic E-state index is 13.5. The lowest BCUT2D eigenvalue weighted by atomic mass is 9.83. The van der Waals surface area contributed by atoms with Crippen molar-refractivity contribution in [3.63, 3.8) is 0 Å². The molecule has 2 aliphatic rings. The second-order valence-electron chi connectivity index (χ2n) is 12.9. The van der Waals surface area contributed by atoms with E-state index in [4.69, 9.17) is 14.7 Å². The molecule has 4 bridgehead atoms. The van der Waals surface area contributed by atoms with Gasteiger partial charge in [-0.1, -0.05) is 33.8 Å². The molecule has 218 valence electrons. The van der Waals surface area contributed by atoms with E-state index in [1.54, 1.807) is 0 Å². The maximum Gasteiger partial charge on any atom is 0.305 e. The van der Waals surface area contributed by atoms with E-state index in [2.05, 4.69) is 56.5 Å². The number of nitrogens with one attached hydrogen (secondary N) is 2. The van der Waals surface area contributed by atoms with Crippen LogP contribution in [0.2, 0.25) is 0 Å². The van der Waals surface area contributed by atoms with Crippen molar-refractivity contribution in [3.8, 4) is 0 Å². The molecule has 0 saturated carbocycles. The molecule has 1 fully saturated rings. The number of pyridine rings is 2. The van der Waals surface area contributed by atoms with Gasteiger partial charge in [0.05, 0.1) is 12.2 Å². The fraction of sp³-hybridized carbons (Fsp3) is 0.613. The summed E-state index contributed by atoms with van der Waals surface area (Å²) in [7, 11) is 0. The van der Waals surface area contributed by atoms with E-state index in [1.807, 2.05) is 37.3 Å². The van der Waals surface area contributed by atoms with Crippen LogP contribution in [-0.2, 0) is 14.9 Å². The molecular formula is C31H45N5O3S. The van der Waals surface area contributed by atoms with Crippen molar-refractivity contribution < 1.29 is 14.3 Å². The van der Waals surface area contributed by atoms with Gasteiger partial charge < -0.3 is 15.0 Å². The van der Waals surface area contributed by atoms with Gasteiger partial charge in [0.1, 0.15) is 16.7 Å². The fourth-order valence-electron chi connectivity index (χ4n) is 5.83. The van der Waals surface area contributed by atoms with Crippen LogP contribution in [0, 0.1) is 11.8 Å². The van der Waals surface area contributed by atoms with E-state index in [0.717, 1.165) is 49.6 Å². The molecule has 0 spiro atoms. The molecule has 1 saturated heterocycles. The molecule has 2 aromatic rings. The van der Waals surface area contributed by atoms with Gasteiger partial charge in [-0.3, -0.25) is 14.3 Å². The first kappa shape index (κ1) is 30.2. The van der Waals surface area contributed by atoms with E-state index >= 15 is 0 Å². The number of esters is 1. The lowest BCUT2D eigenvalue weighted by molar-refractivity contribution is -0.143. The summed E-state index contributed by atoms with van der Waals surface area (Å²) < 4.78 is 8.16. The third kappa shape index (κ3) is 7.28. The Balaban J connectivity index is 1.68. The average molecular weight is 568 g/mol. The first-order chi connectivity index (χ1) is 18.9. The van der Waals surface area contributed by atoms with Gasteiger partial charge in [-0.25, -0.2) is 9.97 Å². The highest BCUT2D eigenvalue weighted by atomic mass is 32.2. The van der Waals surface area contributed by atoms with Crippen molar-refractivity contribution in [1.29, 1.82) is 0 Å². The van der Waals surface area contributed by atoms with Crippen molar-refractivity contribution in [3.05, 3.63) is 41.6 Å². The first-order valence-electron chi connectivity index (χ1n) is 14.5. The molecule has 4 heterocycles. The molecule has 0 radical (unpaired) electrons. The number of ether oxygens (including phenoxy) is 1. The van der Waals surface area contributed by atoms with Crippen LogP contribution >= 0.6 is 11.9 Å². The first-order valence-corrected chi connectivity index (χ1v) is 15.3. The second kappa shape index (κ2) is 12.4. The highest BCUT2D eigenvalue weighted by Crippen LogP contribution is 2.42. The number of anilines is 2. The highest BCUT2D eigenvalue weighted by molar-refractivity contribution is 7.97. The standard InChI is InChI=1S/C31H45N5O3S/c1-8-39-27(37)14-9-11-22-17-20(2)21-18-31(6,7)36(19-21)28-23(15-16-24(33-28)30(3,4)5)29(38)35-40-26-13-10-12-25(32-22)34-26/h10,12-13,15-16,20-22H,8-9,11,14,17-19H2,1-7H3,(H,32,34)(H,35,38). The van der Waals surface area contributed by atoms with E-state index in [-0.39, 0.29) is 28.9 Å². The quantitative estimate of drug-likeness (QED) is 0.318. The van der Waals surface area contributed by atoms with Gasteiger partial charge in [-0.05, 0) is 82.6 Å². The molecule has 0 aromatic carbocycles. The summed E-state index contributed by atoms with van der Waals surface area (Å²) >= 11 is 1.21. The largest absolute Gasteiger partial charge is 0.466 e. The van der Waals surface area contributed by atoms with Gasteiger partial charge in [0.15, 0.2) is 0 Å². The maximum absolute atomic E-state index is 13.5. The van der Waals surface area contributed by atoms with Crippen molar-refractivity contribution in [1.82, 2.24) is 14.7 Å². The van der Waals surface area contributed by atoms with Crippen LogP contribution in [0.15, 0.2) is 35.4 Å². The number of hydrogen-bond acceptors (Lipinski definition) is 8. The van der Waals surface area contributed by atoms with Gasteiger partial charge >= 0.3 is 5.97 Å². The minimum absolute atomic E-state index is 0.138.